The highest BCUT2D eigenvalue weighted by molar-refractivity contribution is 5.68. The minimum atomic E-state index is -0.412. The fourth-order valence-corrected chi connectivity index (χ4v) is 2.78. The molecule has 0 heterocycles. The summed E-state index contributed by atoms with van der Waals surface area (Å²) in [5.41, 5.74) is -0.412. The summed E-state index contributed by atoms with van der Waals surface area (Å²) in [6, 6.07) is 0.295. The normalized spacial score (nSPS) is 26.5. The van der Waals surface area contributed by atoms with Gasteiger partial charge >= 0.3 is 6.09 Å². The van der Waals surface area contributed by atoms with E-state index in [0.717, 1.165) is 6.42 Å². The Labute approximate surface area is 112 Å². The first-order chi connectivity index (χ1) is 8.33. The lowest BCUT2D eigenvalue weighted by Crippen LogP contribution is -2.46. The average Bonchev–Trinajstić information content (AvgIpc) is 2.26. The van der Waals surface area contributed by atoms with Gasteiger partial charge in [0.1, 0.15) is 5.60 Å². The Hall–Kier alpha value is -0.730. The van der Waals surface area contributed by atoms with Crippen LogP contribution in [0.3, 0.4) is 0 Å². The van der Waals surface area contributed by atoms with E-state index in [0.29, 0.717) is 17.9 Å². The van der Waals surface area contributed by atoms with Crippen LogP contribution in [0.15, 0.2) is 0 Å². The Morgan fingerprint density at radius 1 is 1.33 bits per heavy atom. The molecule has 1 aliphatic carbocycles. The van der Waals surface area contributed by atoms with Gasteiger partial charge in [-0.15, -0.1) is 0 Å². The molecule has 1 aliphatic rings. The molecule has 3 heteroatoms. The van der Waals surface area contributed by atoms with Crippen LogP contribution in [-0.2, 0) is 4.74 Å². The molecule has 0 aromatic heterocycles. The van der Waals surface area contributed by atoms with Gasteiger partial charge in [-0.25, -0.2) is 4.79 Å². The Bertz CT molecular complexity index is 270. The van der Waals surface area contributed by atoms with Crippen molar-refractivity contribution in [1.29, 1.82) is 0 Å². The summed E-state index contributed by atoms with van der Waals surface area (Å²) in [5, 5.41) is 3.08. The molecule has 106 valence electrons. The van der Waals surface area contributed by atoms with Gasteiger partial charge in [-0.1, -0.05) is 33.1 Å². The molecule has 1 fully saturated rings. The molecule has 0 spiro atoms. The van der Waals surface area contributed by atoms with Gasteiger partial charge in [0.25, 0.3) is 0 Å². The third-order valence-electron chi connectivity index (χ3n) is 3.90. The van der Waals surface area contributed by atoms with E-state index < -0.39 is 5.60 Å². The molecule has 0 bridgehead atoms. The molecule has 0 radical (unpaired) electrons. The minimum absolute atomic E-state index is 0.261. The summed E-state index contributed by atoms with van der Waals surface area (Å²) in [7, 11) is 0. The third kappa shape index (κ3) is 4.87. The summed E-state index contributed by atoms with van der Waals surface area (Å²) >= 11 is 0. The van der Waals surface area contributed by atoms with E-state index >= 15 is 0 Å². The van der Waals surface area contributed by atoms with Crippen molar-refractivity contribution in [3.63, 3.8) is 0 Å². The zero-order valence-corrected chi connectivity index (χ0v) is 12.6. The molecule has 1 N–H and O–H groups in total. The Balaban J connectivity index is 2.54. The SMILES string of the molecule is CCC(C)C1CCCCC1NC(=O)OC(C)(C)C. The molecule has 1 rings (SSSR count). The maximum Gasteiger partial charge on any atom is 0.407 e. The van der Waals surface area contributed by atoms with Crippen LogP contribution >= 0.6 is 0 Å². The van der Waals surface area contributed by atoms with Crippen LogP contribution < -0.4 is 5.32 Å². The highest BCUT2D eigenvalue weighted by Gasteiger charge is 2.30. The van der Waals surface area contributed by atoms with Crippen molar-refractivity contribution in [2.75, 3.05) is 0 Å². The highest BCUT2D eigenvalue weighted by Crippen LogP contribution is 2.32. The van der Waals surface area contributed by atoms with Crippen LogP contribution in [0.4, 0.5) is 4.79 Å². The summed E-state index contributed by atoms with van der Waals surface area (Å²) < 4.78 is 5.35. The van der Waals surface area contributed by atoms with E-state index in [-0.39, 0.29) is 6.09 Å². The zero-order chi connectivity index (χ0) is 13.8. The first-order valence-corrected chi connectivity index (χ1v) is 7.33. The summed E-state index contributed by atoms with van der Waals surface area (Å²) in [6.45, 7) is 10.2. The summed E-state index contributed by atoms with van der Waals surface area (Å²) in [6.07, 6.45) is 5.75. The van der Waals surface area contributed by atoms with Crippen molar-refractivity contribution < 1.29 is 9.53 Å². The number of hydrogen-bond acceptors (Lipinski definition) is 2. The molecule has 3 unspecified atom stereocenters. The molecule has 0 aliphatic heterocycles. The third-order valence-corrected chi connectivity index (χ3v) is 3.90. The molecule has 3 nitrogen and oxygen atoms in total. The molecule has 3 atom stereocenters. The number of hydrogen-bond donors (Lipinski definition) is 1. The molecule has 1 saturated carbocycles. The van der Waals surface area contributed by atoms with Crippen LogP contribution in [0.5, 0.6) is 0 Å². The van der Waals surface area contributed by atoms with Crippen molar-refractivity contribution in [3.8, 4) is 0 Å². The maximum atomic E-state index is 11.9. The first-order valence-electron chi connectivity index (χ1n) is 7.33. The van der Waals surface area contributed by atoms with E-state index in [4.69, 9.17) is 4.74 Å². The van der Waals surface area contributed by atoms with Crippen molar-refractivity contribution in [3.05, 3.63) is 0 Å². The van der Waals surface area contributed by atoms with Crippen LogP contribution in [0.25, 0.3) is 0 Å². The summed E-state index contributed by atoms with van der Waals surface area (Å²) in [5.74, 6) is 1.28. The van der Waals surface area contributed by atoms with Crippen molar-refractivity contribution in [2.45, 2.75) is 78.4 Å². The fourth-order valence-electron chi connectivity index (χ4n) is 2.78. The van der Waals surface area contributed by atoms with Gasteiger partial charge in [0.15, 0.2) is 0 Å². The smallest absolute Gasteiger partial charge is 0.407 e. The van der Waals surface area contributed by atoms with Gasteiger partial charge < -0.3 is 10.1 Å². The quantitative estimate of drug-likeness (QED) is 0.824. The molecule has 0 aromatic carbocycles. The number of nitrogens with one attached hydrogen (secondary N) is 1. The van der Waals surface area contributed by atoms with E-state index in [1.165, 1.54) is 25.7 Å². The van der Waals surface area contributed by atoms with Gasteiger partial charge in [0.2, 0.25) is 0 Å². The lowest BCUT2D eigenvalue weighted by molar-refractivity contribution is 0.0449. The Kier molecular flexibility index (Phi) is 5.48. The van der Waals surface area contributed by atoms with Crippen molar-refractivity contribution in [2.24, 2.45) is 11.8 Å². The molecule has 0 saturated heterocycles. The van der Waals surface area contributed by atoms with Crippen LogP contribution in [-0.4, -0.2) is 17.7 Å². The fraction of sp³-hybridized carbons (Fsp3) is 0.933. The second-order valence-corrected chi connectivity index (χ2v) is 6.59. The Morgan fingerprint density at radius 2 is 1.94 bits per heavy atom. The Morgan fingerprint density at radius 3 is 2.50 bits per heavy atom. The molecular weight excluding hydrogens is 226 g/mol. The predicted octanol–water partition coefficient (Wildman–Crippen LogP) is 4.12. The van der Waals surface area contributed by atoms with Gasteiger partial charge in [0.05, 0.1) is 0 Å². The molecule has 18 heavy (non-hydrogen) atoms. The lowest BCUT2D eigenvalue weighted by Gasteiger charge is -2.36. The monoisotopic (exact) mass is 255 g/mol. The van der Waals surface area contributed by atoms with Crippen LogP contribution in [0.1, 0.15) is 66.7 Å². The van der Waals surface area contributed by atoms with Gasteiger partial charge in [-0.2, -0.15) is 0 Å². The number of carbonyl (C=O) groups excluding carboxylic acids is 1. The standard InChI is InChI=1S/C15H29NO2/c1-6-11(2)12-9-7-8-10-13(12)16-14(17)18-15(3,4)5/h11-13H,6-10H2,1-5H3,(H,16,17). The van der Waals surface area contributed by atoms with Gasteiger partial charge in [0, 0.05) is 6.04 Å². The van der Waals surface area contributed by atoms with E-state index in [2.05, 4.69) is 19.2 Å². The van der Waals surface area contributed by atoms with E-state index in [1.54, 1.807) is 0 Å². The molecular formula is C15H29NO2. The molecule has 0 aromatic rings. The van der Waals surface area contributed by atoms with Crippen LogP contribution in [0, 0.1) is 11.8 Å². The number of alkyl carbamates (subject to hydrolysis) is 1. The zero-order valence-electron chi connectivity index (χ0n) is 12.6. The largest absolute Gasteiger partial charge is 0.444 e. The topological polar surface area (TPSA) is 38.3 Å². The van der Waals surface area contributed by atoms with Gasteiger partial charge in [-0.05, 0) is 45.4 Å². The average molecular weight is 255 g/mol. The number of amides is 1. The maximum absolute atomic E-state index is 11.9. The van der Waals surface area contributed by atoms with E-state index in [9.17, 15) is 4.79 Å². The minimum Gasteiger partial charge on any atom is -0.444 e. The van der Waals surface area contributed by atoms with Crippen LogP contribution in [0.2, 0.25) is 0 Å². The second-order valence-electron chi connectivity index (χ2n) is 6.59. The van der Waals surface area contributed by atoms with E-state index in [1.807, 2.05) is 20.8 Å². The van der Waals surface area contributed by atoms with Crippen molar-refractivity contribution in [1.82, 2.24) is 5.32 Å². The predicted molar refractivity (Wildman–Crippen MR) is 74.6 cm³/mol. The number of rotatable bonds is 3. The van der Waals surface area contributed by atoms with Crippen molar-refractivity contribution >= 4 is 6.09 Å². The number of carbonyl (C=O) groups is 1. The first kappa shape index (κ1) is 15.3. The summed E-state index contributed by atoms with van der Waals surface area (Å²) in [4.78, 5) is 11.9. The van der Waals surface area contributed by atoms with Gasteiger partial charge in [-0.3, -0.25) is 0 Å². The molecule has 1 amide bonds. The second kappa shape index (κ2) is 6.44. The number of ether oxygens (including phenoxy) is 1. The lowest BCUT2D eigenvalue weighted by atomic mass is 9.76. The highest BCUT2D eigenvalue weighted by atomic mass is 16.6.